The van der Waals surface area contributed by atoms with Gasteiger partial charge >= 0.3 is 0 Å². The van der Waals surface area contributed by atoms with E-state index in [-0.39, 0.29) is 0 Å². The highest BCUT2D eigenvalue weighted by Crippen LogP contribution is 2.23. The third kappa shape index (κ3) is 2.89. The topological polar surface area (TPSA) is 33.1 Å². The molecule has 19 heavy (non-hydrogen) atoms. The van der Waals surface area contributed by atoms with Crippen LogP contribution in [-0.2, 0) is 13.6 Å². The molecule has 0 saturated heterocycles. The summed E-state index contributed by atoms with van der Waals surface area (Å²) in [7, 11) is 6.10. The maximum absolute atomic E-state index is 4.26. The molecule has 2 aromatic rings. The molecule has 1 aromatic carbocycles. The van der Waals surface area contributed by atoms with Crippen LogP contribution in [0.15, 0.2) is 24.4 Å². The fourth-order valence-electron chi connectivity index (χ4n) is 2.12. The van der Waals surface area contributed by atoms with Gasteiger partial charge in [-0.05, 0) is 31.5 Å². The second kappa shape index (κ2) is 5.34. The van der Waals surface area contributed by atoms with Crippen LogP contribution in [0, 0.1) is 13.8 Å². The van der Waals surface area contributed by atoms with E-state index in [2.05, 4.69) is 61.5 Å². The first kappa shape index (κ1) is 13.5. The number of nitrogens with zero attached hydrogens (tertiary/aromatic N) is 3. The molecule has 102 valence electrons. The monoisotopic (exact) mass is 258 g/mol. The van der Waals surface area contributed by atoms with E-state index in [0.717, 1.165) is 12.2 Å². The summed E-state index contributed by atoms with van der Waals surface area (Å²) in [6.45, 7) is 5.02. The molecule has 1 N–H and O–H groups in total. The molecule has 4 heteroatoms. The second-order valence-corrected chi connectivity index (χ2v) is 5.13. The molecule has 0 radical (unpaired) electrons. The quantitative estimate of drug-likeness (QED) is 0.915. The molecule has 0 aliphatic carbocycles. The number of aryl methyl sites for hydroxylation is 2. The van der Waals surface area contributed by atoms with Crippen molar-refractivity contribution in [2.24, 2.45) is 7.05 Å². The van der Waals surface area contributed by atoms with E-state index in [1.807, 2.05) is 17.9 Å². The van der Waals surface area contributed by atoms with Gasteiger partial charge in [0.1, 0.15) is 0 Å². The molecule has 0 fully saturated rings. The van der Waals surface area contributed by atoms with Crippen LogP contribution >= 0.6 is 0 Å². The summed E-state index contributed by atoms with van der Waals surface area (Å²) in [5, 5.41) is 7.71. The van der Waals surface area contributed by atoms with Crippen LogP contribution in [0.4, 0.5) is 11.4 Å². The number of hydrogen-bond donors (Lipinski definition) is 1. The first-order valence-corrected chi connectivity index (χ1v) is 6.48. The molecule has 0 bridgehead atoms. The van der Waals surface area contributed by atoms with E-state index in [1.165, 1.54) is 22.5 Å². The number of rotatable bonds is 4. The predicted octanol–water partition coefficient (Wildman–Crippen LogP) is 2.72. The van der Waals surface area contributed by atoms with E-state index in [0.29, 0.717) is 0 Å². The highest BCUT2D eigenvalue weighted by molar-refractivity contribution is 5.61. The fourth-order valence-corrected chi connectivity index (χ4v) is 2.12. The second-order valence-electron chi connectivity index (χ2n) is 5.13. The van der Waals surface area contributed by atoms with Gasteiger partial charge in [0.05, 0.1) is 6.20 Å². The summed E-state index contributed by atoms with van der Waals surface area (Å²) in [4.78, 5) is 2.13. The van der Waals surface area contributed by atoms with Crippen molar-refractivity contribution in [3.8, 4) is 0 Å². The lowest BCUT2D eigenvalue weighted by atomic mass is 10.1. The average molecular weight is 258 g/mol. The van der Waals surface area contributed by atoms with E-state index in [9.17, 15) is 0 Å². The molecule has 0 unspecified atom stereocenters. The summed E-state index contributed by atoms with van der Waals surface area (Å²) in [6, 6.07) is 6.45. The zero-order valence-corrected chi connectivity index (χ0v) is 12.4. The molecule has 0 atom stereocenters. The van der Waals surface area contributed by atoms with Crippen molar-refractivity contribution in [2.45, 2.75) is 20.4 Å². The number of benzene rings is 1. The van der Waals surface area contributed by atoms with Gasteiger partial charge in [0.2, 0.25) is 0 Å². The Morgan fingerprint density at radius 3 is 2.58 bits per heavy atom. The van der Waals surface area contributed by atoms with E-state index in [4.69, 9.17) is 0 Å². The van der Waals surface area contributed by atoms with Gasteiger partial charge in [-0.2, -0.15) is 5.10 Å². The van der Waals surface area contributed by atoms with Crippen molar-refractivity contribution in [3.63, 3.8) is 0 Å². The first-order valence-electron chi connectivity index (χ1n) is 6.48. The van der Waals surface area contributed by atoms with Crippen molar-refractivity contribution in [3.05, 3.63) is 41.2 Å². The van der Waals surface area contributed by atoms with Crippen LogP contribution in [0.5, 0.6) is 0 Å². The van der Waals surface area contributed by atoms with Crippen molar-refractivity contribution < 1.29 is 0 Å². The minimum absolute atomic E-state index is 0.801. The standard InChI is InChI=1S/C15H22N4/c1-11-6-7-14(8-15(11)18(3)4)16-9-13-10-17-19(5)12(13)2/h6-8,10,16H,9H2,1-5H3. The van der Waals surface area contributed by atoms with Gasteiger partial charge in [-0.3, -0.25) is 4.68 Å². The largest absolute Gasteiger partial charge is 0.381 e. The van der Waals surface area contributed by atoms with Crippen molar-refractivity contribution in [2.75, 3.05) is 24.3 Å². The molecule has 4 nitrogen and oxygen atoms in total. The third-order valence-corrected chi connectivity index (χ3v) is 3.51. The molecule has 1 heterocycles. The zero-order chi connectivity index (χ0) is 14.0. The number of hydrogen-bond acceptors (Lipinski definition) is 3. The molecule has 2 rings (SSSR count). The molecule has 0 amide bonds. The Bertz CT molecular complexity index is 570. The van der Waals surface area contributed by atoms with E-state index < -0.39 is 0 Å². The average Bonchev–Trinajstić information content (AvgIpc) is 2.69. The maximum atomic E-state index is 4.26. The Morgan fingerprint density at radius 1 is 1.26 bits per heavy atom. The normalized spacial score (nSPS) is 10.6. The van der Waals surface area contributed by atoms with E-state index in [1.54, 1.807) is 0 Å². The molecule has 0 saturated carbocycles. The molecule has 0 spiro atoms. The van der Waals surface area contributed by atoms with Gasteiger partial charge in [-0.25, -0.2) is 0 Å². The Labute approximate surface area is 115 Å². The number of anilines is 2. The van der Waals surface area contributed by atoms with Crippen LogP contribution in [0.25, 0.3) is 0 Å². The summed E-state index contributed by atoms with van der Waals surface area (Å²) in [5.74, 6) is 0. The Balaban J connectivity index is 2.12. The van der Waals surface area contributed by atoms with Gasteiger partial charge in [-0.15, -0.1) is 0 Å². The Morgan fingerprint density at radius 2 is 2.00 bits per heavy atom. The SMILES string of the molecule is Cc1ccc(NCc2cnn(C)c2C)cc1N(C)C. The summed E-state index contributed by atoms with van der Waals surface area (Å²) in [5.41, 5.74) is 6.10. The van der Waals surface area contributed by atoms with Crippen LogP contribution in [-0.4, -0.2) is 23.9 Å². The van der Waals surface area contributed by atoms with Crippen molar-refractivity contribution in [1.29, 1.82) is 0 Å². The summed E-state index contributed by atoms with van der Waals surface area (Å²) < 4.78 is 1.90. The lowest BCUT2D eigenvalue weighted by Crippen LogP contribution is -2.11. The fraction of sp³-hybridized carbons (Fsp3) is 0.400. The van der Waals surface area contributed by atoms with Crippen LogP contribution in [0.2, 0.25) is 0 Å². The van der Waals surface area contributed by atoms with Gasteiger partial charge in [0, 0.05) is 50.3 Å². The third-order valence-electron chi connectivity index (χ3n) is 3.51. The lowest BCUT2D eigenvalue weighted by Gasteiger charge is -2.17. The van der Waals surface area contributed by atoms with Crippen LogP contribution < -0.4 is 10.2 Å². The van der Waals surface area contributed by atoms with Gasteiger partial charge in [0.15, 0.2) is 0 Å². The number of nitrogens with one attached hydrogen (secondary N) is 1. The van der Waals surface area contributed by atoms with Crippen molar-refractivity contribution in [1.82, 2.24) is 9.78 Å². The molecular formula is C15H22N4. The maximum Gasteiger partial charge on any atom is 0.0542 e. The Hall–Kier alpha value is -1.97. The molecule has 0 aliphatic rings. The molecule has 0 aliphatic heterocycles. The molecular weight excluding hydrogens is 236 g/mol. The first-order chi connectivity index (χ1) is 8.99. The zero-order valence-electron chi connectivity index (χ0n) is 12.4. The minimum Gasteiger partial charge on any atom is -0.381 e. The van der Waals surface area contributed by atoms with Gasteiger partial charge in [0.25, 0.3) is 0 Å². The highest BCUT2D eigenvalue weighted by atomic mass is 15.3. The van der Waals surface area contributed by atoms with E-state index >= 15 is 0 Å². The van der Waals surface area contributed by atoms with Gasteiger partial charge in [-0.1, -0.05) is 6.07 Å². The summed E-state index contributed by atoms with van der Waals surface area (Å²) >= 11 is 0. The molecule has 1 aromatic heterocycles. The lowest BCUT2D eigenvalue weighted by molar-refractivity contribution is 0.738. The minimum atomic E-state index is 0.801. The highest BCUT2D eigenvalue weighted by Gasteiger charge is 2.05. The predicted molar refractivity (Wildman–Crippen MR) is 80.8 cm³/mol. The van der Waals surface area contributed by atoms with Gasteiger partial charge < -0.3 is 10.2 Å². The number of aromatic nitrogens is 2. The van der Waals surface area contributed by atoms with Crippen LogP contribution in [0.3, 0.4) is 0 Å². The van der Waals surface area contributed by atoms with Crippen LogP contribution in [0.1, 0.15) is 16.8 Å². The summed E-state index contributed by atoms with van der Waals surface area (Å²) in [6.07, 6.45) is 1.92. The Kier molecular flexibility index (Phi) is 3.79. The van der Waals surface area contributed by atoms with Crippen molar-refractivity contribution >= 4 is 11.4 Å². The smallest absolute Gasteiger partial charge is 0.0542 e.